The number of hydrogen-bond donors (Lipinski definition) is 2. The maximum absolute atomic E-state index is 12.2. The van der Waals surface area contributed by atoms with E-state index in [4.69, 9.17) is 0 Å². The van der Waals surface area contributed by atoms with E-state index in [1.807, 2.05) is 24.3 Å². The molecule has 1 heterocycles. The molecule has 0 radical (unpaired) electrons. The van der Waals surface area contributed by atoms with Gasteiger partial charge in [0.1, 0.15) is 5.82 Å². The quantitative estimate of drug-likeness (QED) is 0.812. The Balaban J connectivity index is 1.94. The molecule has 0 saturated carbocycles. The predicted octanol–water partition coefficient (Wildman–Crippen LogP) is 3.40. The highest BCUT2D eigenvalue weighted by Crippen LogP contribution is 2.14. The number of rotatable bonds is 7. The van der Waals surface area contributed by atoms with Crippen molar-refractivity contribution in [2.24, 2.45) is 5.92 Å². The number of nitrogens with zero attached hydrogens (tertiary/aromatic N) is 1. The highest BCUT2D eigenvalue weighted by Gasteiger charge is 2.16. The third-order valence-corrected chi connectivity index (χ3v) is 3.51. The minimum absolute atomic E-state index is 0.134. The number of nitrogens with one attached hydrogen (secondary N) is 2. The van der Waals surface area contributed by atoms with Crippen LogP contribution < -0.4 is 5.32 Å². The first-order chi connectivity index (χ1) is 9.74. The maximum Gasteiger partial charge on any atom is 0.223 e. The Kier molecular flexibility index (Phi) is 5.16. The van der Waals surface area contributed by atoms with Crippen molar-refractivity contribution in [3.8, 4) is 0 Å². The van der Waals surface area contributed by atoms with E-state index in [9.17, 15) is 4.79 Å². The lowest BCUT2D eigenvalue weighted by molar-refractivity contribution is -0.125. The lowest BCUT2D eigenvalue weighted by atomic mass is 9.97. The summed E-state index contributed by atoms with van der Waals surface area (Å²) in [5.74, 6) is 1.09. The number of hydrogen-bond acceptors (Lipinski definition) is 2. The van der Waals surface area contributed by atoms with Crippen LogP contribution >= 0.6 is 0 Å². The van der Waals surface area contributed by atoms with E-state index in [1.165, 1.54) is 0 Å². The summed E-state index contributed by atoms with van der Waals surface area (Å²) in [5.41, 5.74) is 1.95. The Hall–Kier alpha value is -1.84. The molecule has 0 aliphatic carbocycles. The van der Waals surface area contributed by atoms with Crippen molar-refractivity contribution in [1.29, 1.82) is 0 Å². The van der Waals surface area contributed by atoms with E-state index < -0.39 is 0 Å². The van der Waals surface area contributed by atoms with Gasteiger partial charge in [-0.1, -0.05) is 38.8 Å². The first-order valence-electron chi connectivity index (χ1n) is 7.46. The highest BCUT2D eigenvalue weighted by molar-refractivity contribution is 5.79. The largest absolute Gasteiger partial charge is 0.349 e. The molecule has 1 amide bonds. The normalized spacial score (nSPS) is 11.2. The number of carbonyl (C=O) groups is 1. The molecule has 0 saturated heterocycles. The minimum atomic E-state index is 0.134. The van der Waals surface area contributed by atoms with Crippen LogP contribution in [0.5, 0.6) is 0 Å². The first-order valence-corrected chi connectivity index (χ1v) is 7.46. The number of para-hydroxylation sites is 2. The number of fused-ring (bicyclic) bond motifs is 1. The fraction of sp³-hybridized carbons (Fsp3) is 0.500. The zero-order valence-electron chi connectivity index (χ0n) is 12.3. The third kappa shape index (κ3) is 3.59. The summed E-state index contributed by atoms with van der Waals surface area (Å²) in [7, 11) is 0. The topological polar surface area (TPSA) is 57.8 Å². The molecule has 0 unspecified atom stereocenters. The van der Waals surface area contributed by atoms with Crippen molar-refractivity contribution in [1.82, 2.24) is 15.3 Å². The highest BCUT2D eigenvalue weighted by atomic mass is 16.1. The smallest absolute Gasteiger partial charge is 0.223 e. The van der Waals surface area contributed by atoms with Crippen LogP contribution in [-0.4, -0.2) is 15.9 Å². The van der Waals surface area contributed by atoms with Gasteiger partial charge in [-0.3, -0.25) is 4.79 Å². The second-order valence-electron chi connectivity index (χ2n) is 5.19. The van der Waals surface area contributed by atoms with Gasteiger partial charge in [0, 0.05) is 5.92 Å². The number of carbonyl (C=O) groups excluding carboxylic acids is 1. The first kappa shape index (κ1) is 14.6. The minimum Gasteiger partial charge on any atom is -0.349 e. The molecule has 0 fully saturated rings. The molecular weight excluding hydrogens is 250 g/mol. The number of H-pyrrole nitrogens is 1. The van der Waals surface area contributed by atoms with Crippen molar-refractivity contribution >= 4 is 16.9 Å². The fourth-order valence-electron chi connectivity index (χ4n) is 2.51. The van der Waals surface area contributed by atoms with Crippen molar-refractivity contribution in [3.05, 3.63) is 30.1 Å². The SMILES string of the molecule is CCCC(CCC)C(=O)NCc1nc2ccccc2[nH]1. The maximum atomic E-state index is 12.2. The molecular formula is C16H23N3O. The van der Waals surface area contributed by atoms with Gasteiger partial charge < -0.3 is 10.3 Å². The summed E-state index contributed by atoms with van der Waals surface area (Å²) in [5, 5.41) is 3.00. The van der Waals surface area contributed by atoms with Crippen molar-refractivity contribution in [3.63, 3.8) is 0 Å². The van der Waals surface area contributed by atoms with Crippen LogP contribution in [0.3, 0.4) is 0 Å². The van der Waals surface area contributed by atoms with Gasteiger partial charge in [-0.2, -0.15) is 0 Å². The number of aromatic amines is 1. The average molecular weight is 273 g/mol. The Morgan fingerprint density at radius 3 is 2.60 bits per heavy atom. The van der Waals surface area contributed by atoms with E-state index in [0.29, 0.717) is 6.54 Å². The van der Waals surface area contributed by atoms with Crippen LogP contribution in [0.1, 0.15) is 45.4 Å². The van der Waals surface area contributed by atoms with Crippen LogP contribution in [0, 0.1) is 5.92 Å². The van der Waals surface area contributed by atoms with E-state index in [1.54, 1.807) is 0 Å². The third-order valence-electron chi connectivity index (χ3n) is 3.51. The van der Waals surface area contributed by atoms with E-state index in [-0.39, 0.29) is 11.8 Å². The van der Waals surface area contributed by atoms with Gasteiger partial charge in [0.2, 0.25) is 5.91 Å². The van der Waals surface area contributed by atoms with Gasteiger partial charge in [0.25, 0.3) is 0 Å². The summed E-state index contributed by atoms with van der Waals surface area (Å²) < 4.78 is 0. The van der Waals surface area contributed by atoms with Crippen LogP contribution in [-0.2, 0) is 11.3 Å². The molecule has 4 nitrogen and oxygen atoms in total. The molecule has 0 atom stereocenters. The van der Waals surface area contributed by atoms with Crippen molar-refractivity contribution < 1.29 is 4.79 Å². The summed E-state index contributed by atoms with van der Waals surface area (Å²) in [6.07, 6.45) is 4.01. The van der Waals surface area contributed by atoms with Gasteiger partial charge >= 0.3 is 0 Å². The molecule has 0 bridgehead atoms. The molecule has 0 spiro atoms. The van der Waals surface area contributed by atoms with Crippen LogP contribution in [0.15, 0.2) is 24.3 Å². The molecule has 1 aromatic heterocycles. The van der Waals surface area contributed by atoms with Gasteiger partial charge in [0.15, 0.2) is 0 Å². The molecule has 1 aromatic carbocycles. The Morgan fingerprint density at radius 2 is 1.95 bits per heavy atom. The molecule has 2 rings (SSSR count). The fourth-order valence-corrected chi connectivity index (χ4v) is 2.51. The molecule has 4 heteroatoms. The number of amides is 1. The molecule has 2 N–H and O–H groups in total. The number of benzene rings is 1. The Bertz CT molecular complexity index is 523. The van der Waals surface area contributed by atoms with Crippen LogP contribution in [0.2, 0.25) is 0 Å². The number of aromatic nitrogens is 2. The zero-order chi connectivity index (χ0) is 14.4. The van der Waals surface area contributed by atoms with Crippen molar-refractivity contribution in [2.45, 2.75) is 46.1 Å². The lowest BCUT2D eigenvalue weighted by Crippen LogP contribution is -2.30. The average Bonchev–Trinajstić information content (AvgIpc) is 2.87. The number of imidazole rings is 1. The molecule has 108 valence electrons. The van der Waals surface area contributed by atoms with E-state index >= 15 is 0 Å². The van der Waals surface area contributed by atoms with E-state index in [2.05, 4.69) is 29.1 Å². The second kappa shape index (κ2) is 7.08. The molecule has 0 aliphatic heterocycles. The zero-order valence-corrected chi connectivity index (χ0v) is 12.3. The van der Waals surface area contributed by atoms with Crippen LogP contribution in [0.4, 0.5) is 0 Å². The monoisotopic (exact) mass is 273 g/mol. The van der Waals surface area contributed by atoms with Gasteiger partial charge in [-0.15, -0.1) is 0 Å². The molecule has 2 aromatic rings. The van der Waals surface area contributed by atoms with Gasteiger partial charge in [-0.25, -0.2) is 4.98 Å². The molecule has 20 heavy (non-hydrogen) atoms. The lowest BCUT2D eigenvalue weighted by Gasteiger charge is -2.14. The van der Waals surface area contributed by atoms with Gasteiger partial charge in [0.05, 0.1) is 17.6 Å². The second-order valence-corrected chi connectivity index (χ2v) is 5.19. The Labute approximate surface area is 120 Å². The standard InChI is InChI=1S/C16H23N3O/c1-3-7-12(8-4-2)16(20)17-11-15-18-13-9-5-6-10-14(13)19-15/h5-6,9-10,12H,3-4,7-8,11H2,1-2H3,(H,17,20)(H,18,19). The Morgan fingerprint density at radius 1 is 1.25 bits per heavy atom. The molecule has 0 aliphatic rings. The van der Waals surface area contributed by atoms with Gasteiger partial charge in [-0.05, 0) is 25.0 Å². The summed E-state index contributed by atoms with van der Waals surface area (Å²) >= 11 is 0. The summed E-state index contributed by atoms with van der Waals surface area (Å²) in [6, 6.07) is 7.89. The predicted molar refractivity (Wildman–Crippen MR) is 81.2 cm³/mol. The van der Waals surface area contributed by atoms with E-state index in [0.717, 1.165) is 42.5 Å². The van der Waals surface area contributed by atoms with Crippen molar-refractivity contribution in [2.75, 3.05) is 0 Å². The summed E-state index contributed by atoms with van der Waals surface area (Å²) in [6.45, 7) is 4.71. The summed E-state index contributed by atoms with van der Waals surface area (Å²) in [4.78, 5) is 19.9. The van der Waals surface area contributed by atoms with Crippen LogP contribution in [0.25, 0.3) is 11.0 Å².